The van der Waals surface area contributed by atoms with Crippen LogP contribution < -0.4 is 4.74 Å². The molecule has 0 amide bonds. The van der Waals surface area contributed by atoms with Crippen molar-refractivity contribution in [2.24, 2.45) is 0 Å². The van der Waals surface area contributed by atoms with E-state index in [4.69, 9.17) is 11.6 Å². The van der Waals surface area contributed by atoms with E-state index in [9.17, 15) is 35.5 Å². The largest absolute Gasteiger partial charge is 0.487 e. The first-order valence-electron chi connectivity index (χ1n) is 5.13. The standard InChI is InChI=1S/C11H6ClF7O2/c12-8(20)6-1-3-7(4-2-6)21-5-9(13,14)10(15,16)11(17,18)19/h1-4H,5H2. The van der Waals surface area contributed by atoms with Crippen molar-refractivity contribution < 1.29 is 40.3 Å². The van der Waals surface area contributed by atoms with Crippen molar-refractivity contribution in [3.63, 3.8) is 0 Å². The summed E-state index contributed by atoms with van der Waals surface area (Å²) in [7, 11) is 0. The van der Waals surface area contributed by atoms with Crippen molar-refractivity contribution in [3.8, 4) is 5.75 Å². The Morgan fingerprint density at radius 2 is 1.48 bits per heavy atom. The van der Waals surface area contributed by atoms with Crippen molar-refractivity contribution >= 4 is 16.8 Å². The SMILES string of the molecule is O=C(Cl)c1ccc(OCC(F)(F)C(F)(F)C(F)(F)F)cc1. The van der Waals surface area contributed by atoms with Gasteiger partial charge >= 0.3 is 18.0 Å². The number of ether oxygens (including phenoxy) is 1. The maximum atomic E-state index is 12.9. The van der Waals surface area contributed by atoms with E-state index in [1.54, 1.807) is 0 Å². The molecule has 1 rings (SSSR count). The second-order valence-electron chi connectivity index (χ2n) is 3.86. The van der Waals surface area contributed by atoms with E-state index in [1.165, 1.54) is 0 Å². The van der Waals surface area contributed by atoms with Crippen LogP contribution in [0.4, 0.5) is 30.7 Å². The Labute approximate surface area is 118 Å². The van der Waals surface area contributed by atoms with Crippen LogP contribution in [0.2, 0.25) is 0 Å². The first-order chi connectivity index (χ1) is 9.38. The summed E-state index contributed by atoms with van der Waals surface area (Å²) in [6.45, 7) is -2.19. The van der Waals surface area contributed by atoms with Crippen LogP contribution in [0.15, 0.2) is 24.3 Å². The first-order valence-corrected chi connectivity index (χ1v) is 5.51. The third-order valence-electron chi connectivity index (χ3n) is 2.32. The smallest absolute Gasteiger partial charge is 0.460 e. The summed E-state index contributed by atoms with van der Waals surface area (Å²) >= 11 is 5.09. The molecule has 0 spiro atoms. The minimum Gasteiger partial charge on any atom is -0.487 e. The van der Waals surface area contributed by atoms with Gasteiger partial charge in [0.1, 0.15) is 5.75 Å². The summed E-state index contributed by atoms with van der Waals surface area (Å²) in [6, 6.07) is 3.92. The summed E-state index contributed by atoms with van der Waals surface area (Å²) in [5.41, 5.74) is -0.0311. The Morgan fingerprint density at radius 3 is 1.86 bits per heavy atom. The van der Waals surface area contributed by atoms with Gasteiger partial charge < -0.3 is 4.74 Å². The van der Waals surface area contributed by atoms with Gasteiger partial charge in [-0.15, -0.1) is 0 Å². The summed E-state index contributed by atoms with van der Waals surface area (Å²) < 4.78 is 90.7. The fraction of sp³-hybridized carbons (Fsp3) is 0.364. The van der Waals surface area contributed by atoms with Crippen LogP contribution in [-0.4, -0.2) is 29.9 Å². The normalized spacial score (nSPS) is 13.1. The van der Waals surface area contributed by atoms with Crippen molar-refractivity contribution in [2.45, 2.75) is 18.0 Å². The highest BCUT2D eigenvalue weighted by atomic mass is 35.5. The molecule has 0 aromatic heterocycles. The van der Waals surface area contributed by atoms with E-state index in [0.717, 1.165) is 24.3 Å². The fourth-order valence-corrected chi connectivity index (χ4v) is 1.28. The van der Waals surface area contributed by atoms with Gasteiger partial charge in [-0.05, 0) is 35.9 Å². The molecular weight excluding hydrogens is 333 g/mol. The quantitative estimate of drug-likeness (QED) is 0.592. The summed E-state index contributed by atoms with van der Waals surface area (Å²) in [5, 5.41) is -0.865. The van der Waals surface area contributed by atoms with Crippen molar-refractivity contribution in [1.29, 1.82) is 0 Å². The van der Waals surface area contributed by atoms with Gasteiger partial charge in [-0.2, -0.15) is 30.7 Å². The van der Waals surface area contributed by atoms with Crippen molar-refractivity contribution in [2.75, 3.05) is 6.61 Å². The monoisotopic (exact) mass is 338 g/mol. The van der Waals surface area contributed by atoms with Gasteiger partial charge in [0.25, 0.3) is 5.24 Å². The second kappa shape index (κ2) is 5.70. The molecule has 21 heavy (non-hydrogen) atoms. The zero-order chi connectivity index (χ0) is 16.5. The van der Waals surface area contributed by atoms with Gasteiger partial charge in [0, 0.05) is 5.56 Å². The lowest BCUT2D eigenvalue weighted by atomic mass is 10.1. The molecule has 0 fully saturated rings. The molecule has 0 atom stereocenters. The molecule has 118 valence electrons. The zero-order valence-electron chi connectivity index (χ0n) is 9.86. The topological polar surface area (TPSA) is 26.3 Å². The average Bonchev–Trinajstić information content (AvgIpc) is 2.35. The predicted octanol–water partition coefficient (Wildman–Crippen LogP) is 4.28. The van der Waals surface area contributed by atoms with Crippen LogP contribution in [0.3, 0.4) is 0 Å². The van der Waals surface area contributed by atoms with E-state index in [2.05, 4.69) is 4.74 Å². The number of carbonyl (C=O) groups is 1. The Morgan fingerprint density at radius 1 is 1.00 bits per heavy atom. The lowest BCUT2D eigenvalue weighted by Crippen LogP contribution is -2.54. The Balaban J connectivity index is 2.80. The number of hydrogen-bond acceptors (Lipinski definition) is 2. The zero-order valence-corrected chi connectivity index (χ0v) is 10.6. The first kappa shape index (κ1) is 17.5. The van der Waals surface area contributed by atoms with Crippen LogP contribution in [0, 0.1) is 0 Å². The van der Waals surface area contributed by atoms with Gasteiger partial charge in [-0.1, -0.05) is 0 Å². The van der Waals surface area contributed by atoms with Gasteiger partial charge in [0.2, 0.25) is 0 Å². The molecule has 1 aromatic carbocycles. The summed E-state index contributed by atoms with van der Waals surface area (Å²) in [5.74, 6) is -12.1. The molecular formula is C11H6ClF7O2. The van der Waals surface area contributed by atoms with E-state index >= 15 is 0 Å². The van der Waals surface area contributed by atoms with Crippen LogP contribution in [-0.2, 0) is 0 Å². The van der Waals surface area contributed by atoms with Crippen molar-refractivity contribution in [1.82, 2.24) is 0 Å². The maximum Gasteiger partial charge on any atom is 0.460 e. The lowest BCUT2D eigenvalue weighted by Gasteiger charge is -2.27. The molecule has 1 aromatic rings. The molecule has 0 saturated heterocycles. The molecule has 0 saturated carbocycles. The molecule has 0 unspecified atom stereocenters. The number of hydrogen-bond donors (Lipinski definition) is 0. The van der Waals surface area contributed by atoms with Gasteiger partial charge in [-0.3, -0.25) is 4.79 Å². The van der Waals surface area contributed by atoms with E-state index in [0.29, 0.717) is 0 Å². The number of halogens is 8. The molecule has 0 bridgehead atoms. The lowest BCUT2D eigenvalue weighted by molar-refractivity contribution is -0.358. The highest BCUT2D eigenvalue weighted by Crippen LogP contribution is 2.46. The Bertz CT molecular complexity index is 510. The van der Waals surface area contributed by atoms with E-state index < -0.39 is 35.6 Å². The average molecular weight is 339 g/mol. The fourth-order valence-electron chi connectivity index (χ4n) is 1.15. The number of alkyl halides is 7. The summed E-state index contributed by atoms with van der Waals surface area (Å²) in [6.07, 6.45) is -6.41. The second-order valence-corrected chi connectivity index (χ2v) is 4.21. The van der Waals surface area contributed by atoms with Gasteiger partial charge in [0.05, 0.1) is 0 Å². The molecule has 0 radical (unpaired) electrons. The number of carbonyl (C=O) groups excluding carboxylic acids is 1. The predicted molar refractivity (Wildman–Crippen MR) is 58.1 cm³/mol. The molecule has 0 aliphatic rings. The van der Waals surface area contributed by atoms with Crippen LogP contribution >= 0.6 is 11.6 Å². The van der Waals surface area contributed by atoms with E-state index in [-0.39, 0.29) is 5.56 Å². The summed E-state index contributed by atoms with van der Waals surface area (Å²) in [4.78, 5) is 10.7. The van der Waals surface area contributed by atoms with Gasteiger partial charge in [0.15, 0.2) is 6.61 Å². The van der Waals surface area contributed by atoms with Gasteiger partial charge in [-0.25, -0.2) is 0 Å². The molecule has 0 heterocycles. The minimum atomic E-state index is -6.41. The van der Waals surface area contributed by atoms with Crippen LogP contribution in [0.5, 0.6) is 5.75 Å². The Hall–Kier alpha value is -1.51. The maximum absolute atomic E-state index is 12.9. The highest BCUT2D eigenvalue weighted by Gasteiger charge is 2.73. The van der Waals surface area contributed by atoms with Crippen molar-refractivity contribution in [3.05, 3.63) is 29.8 Å². The third kappa shape index (κ3) is 3.78. The highest BCUT2D eigenvalue weighted by molar-refractivity contribution is 6.67. The number of rotatable bonds is 5. The van der Waals surface area contributed by atoms with Crippen LogP contribution in [0.1, 0.15) is 10.4 Å². The molecule has 2 nitrogen and oxygen atoms in total. The van der Waals surface area contributed by atoms with E-state index in [1.807, 2.05) is 0 Å². The molecule has 0 N–H and O–H groups in total. The molecule has 0 aliphatic carbocycles. The molecule has 10 heteroatoms. The molecule has 0 aliphatic heterocycles. The van der Waals surface area contributed by atoms with Crippen LogP contribution in [0.25, 0.3) is 0 Å². The number of benzene rings is 1. The Kier molecular flexibility index (Phi) is 4.76. The third-order valence-corrected chi connectivity index (χ3v) is 2.53. The minimum absolute atomic E-state index is 0.0311.